The van der Waals surface area contributed by atoms with Gasteiger partial charge < -0.3 is 9.64 Å². The van der Waals surface area contributed by atoms with Gasteiger partial charge in [0.1, 0.15) is 17.6 Å². The van der Waals surface area contributed by atoms with Crippen LogP contribution >= 0.6 is 11.3 Å². The molecule has 1 aliphatic rings. The number of hydrogen-bond acceptors (Lipinski definition) is 5. The maximum absolute atomic E-state index is 13.3. The lowest BCUT2D eigenvalue weighted by Crippen LogP contribution is -2.44. The highest BCUT2D eigenvalue weighted by atomic mass is 32.1. The summed E-state index contributed by atoms with van der Waals surface area (Å²) in [7, 11) is 0. The quantitative estimate of drug-likeness (QED) is 0.503. The topological polar surface area (TPSA) is 66.9 Å². The maximum atomic E-state index is 13.3. The highest BCUT2D eigenvalue weighted by Gasteiger charge is 2.44. The fourth-order valence-electron chi connectivity index (χ4n) is 3.64. The van der Waals surface area contributed by atoms with E-state index in [1.165, 1.54) is 28.4 Å². The molecule has 1 atom stereocenters. The summed E-state index contributed by atoms with van der Waals surface area (Å²) in [5.41, 5.74) is 1.09. The summed E-state index contributed by atoms with van der Waals surface area (Å²) in [6, 6.07) is 14.9. The first-order valence-electron chi connectivity index (χ1n) is 10.2. The van der Waals surface area contributed by atoms with Crippen LogP contribution < -0.4 is 9.64 Å². The Bertz CT molecular complexity index is 1110. The zero-order valence-corrected chi connectivity index (χ0v) is 18.2. The van der Waals surface area contributed by atoms with Crippen molar-refractivity contribution in [3.05, 3.63) is 82.3 Å². The third-order valence-corrected chi connectivity index (χ3v) is 6.02. The van der Waals surface area contributed by atoms with Crippen LogP contribution in [0.2, 0.25) is 0 Å². The number of carbonyl (C=O) groups is 3. The van der Waals surface area contributed by atoms with E-state index in [2.05, 4.69) is 0 Å². The molecule has 164 valence electrons. The standard InChI is InChI=1S/C24H21FN2O4S/c1-2-31-19-11-9-18(10-12-19)27-22(28)14-20(23(27)29)26(24(30)21-4-3-13-32-21)15-16-5-7-17(25)8-6-16/h3-13,20H,2,14-15H2,1H3. The number of rotatable bonds is 7. The van der Waals surface area contributed by atoms with Crippen LogP contribution in [0.5, 0.6) is 5.75 Å². The lowest BCUT2D eigenvalue weighted by Gasteiger charge is -2.27. The molecule has 8 heteroatoms. The lowest BCUT2D eigenvalue weighted by molar-refractivity contribution is -0.122. The van der Waals surface area contributed by atoms with Gasteiger partial charge >= 0.3 is 0 Å². The number of carbonyl (C=O) groups excluding carboxylic acids is 3. The van der Waals surface area contributed by atoms with Gasteiger partial charge in [0.25, 0.3) is 11.8 Å². The Morgan fingerprint density at radius 3 is 2.47 bits per heavy atom. The van der Waals surface area contributed by atoms with E-state index in [9.17, 15) is 18.8 Å². The Morgan fingerprint density at radius 2 is 1.84 bits per heavy atom. The molecule has 6 nitrogen and oxygen atoms in total. The third kappa shape index (κ3) is 4.40. The van der Waals surface area contributed by atoms with Gasteiger partial charge in [-0.3, -0.25) is 14.4 Å². The molecular formula is C24H21FN2O4S. The van der Waals surface area contributed by atoms with E-state index in [4.69, 9.17) is 4.74 Å². The zero-order valence-electron chi connectivity index (χ0n) is 17.4. The van der Waals surface area contributed by atoms with Crippen LogP contribution in [0, 0.1) is 5.82 Å². The molecular weight excluding hydrogens is 431 g/mol. The highest BCUT2D eigenvalue weighted by molar-refractivity contribution is 7.12. The predicted molar refractivity (Wildman–Crippen MR) is 119 cm³/mol. The first kappa shape index (κ1) is 21.7. The maximum Gasteiger partial charge on any atom is 0.264 e. The second-order valence-corrected chi connectivity index (χ2v) is 8.20. The molecule has 4 rings (SSSR count). The van der Waals surface area contributed by atoms with Gasteiger partial charge in [-0.05, 0) is 60.3 Å². The molecule has 0 bridgehead atoms. The smallest absolute Gasteiger partial charge is 0.264 e. The van der Waals surface area contributed by atoms with Crippen LogP contribution in [-0.4, -0.2) is 35.3 Å². The Kier molecular flexibility index (Phi) is 6.32. The minimum atomic E-state index is -0.950. The van der Waals surface area contributed by atoms with Crippen molar-refractivity contribution < 1.29 is 23.5 Å². The van der Waals surface area contributed by atoms with Crippen LogP contribution in [0.25, 0.3) is 0 Å². The molecule has 1 aromatic heterocycles. The van der Waals surface area contributed by atoms with Crippen LogP contribution in [0.15, 0.2) is 66.0 Å². The largest absolute Gasteiger partial charge is 0.494 e. The summed E-state index contributed by atoms with van der Waals surface area (Å²) in [4.78, 5) is 42.3. The average Bonchev–Trinajstić information content (AvgIpc) is 3.42. The van der Waals surface area contributed by atoms with Crippen LogP contribution in [-0.2, 0) is 16.1 Å². The molecule has 0 saturated carbocycles. The van der Waals surface area contributed by atoms with E-state index >= 15 is 0 Å². The molecule has 0 aliphatic carbocycles. The van der Waals surface area contributed by atoms with Crippen molar-refractivity contribution in [2.24, 2.45) is 0 Å². The van der Waals surface area contributed by atoms with E-state index < -0.39 is 17.8 Å². The average molecular weight is 453 g/mol. The highest BCUT2D eigenvalue weighted by Crippen LogP contribution is 2.29. The summed E-state index contributed by atoms with van der Waals surface area (Å²) in [6.45, 7) is 2.45. The van der Waals surface area contributed by atoms with E-state index in [0.29, 0.717) is 28.5 Å². The number of anilines is 1. The van der Waals surface area contributed by atoms with Crippen molar-refractivity contribution >= 4 is 34.7 Å². The van der Waals surface area contributed by atoms with E-state index in [1.807, 2.05) is 6.92 Å². The number of ether oxygens (including phenoxy) is 1. The Labute approximate surface area is 188 Å². The van der Waals surface area contributed by atoms with Crippen molar-refractivity contribution in [2.75, 3.05) is 11.5 Å². The minimum absolute atomic E-state index is 0.0812. The number of imide groups is 1. The number of hydrogen-bond donors (Lipinski definition) is 0. The third-order valence-electron chi connectivity index (χ3n) is 5.16. The molecule has 32 heavy (non-hydrogen) atoms. The number of thiophene rings is 1. The summed E-state index contributed by atoms with van der Waals surface area (Å²) < 4.78 is 18.8. The first-order chi connectivity index (χ1) is 15.5. The summed E-state index contributed by atoms with van der Waals surface area (Å²) in [5, 5.41) is 1.77. The molecule has 2 heterocycles. The van der Waals surface area contributed by atoms with Gasteiger partial charge in [-0.2, -0.15) is 0 Å². The molecule has 3 amide bonds. The summed E-state index contributed by atoms with van der Waals surface area (Å²) >= 11 is 1.26. The summed E-state index contributed by atoms with van der Waals surface area (Å²) in [6.07, 6.45) is -0.121. The molecule has 1 aliphatic heterocycles. The molecule has 1 unspecified atom stereocenters. The second-order valence-electron chi connectivity index (χ2n) is 7.25. The van der Waals surface area contributed by atoms with Gasteiger partial charge in [0.15, 0.2) is 0 Å². The Morgan fingerprint density at radius 1 is 1.12 bits per heavy atom. The SMILES string of the molecule is CCOc1ccc(N2C(=O)CC(N(Cc3ccc(F)cc3)C(=O)c3cccs3)C2=O)cc1. The van der Waals surface area contributed by atoms with Gasteiger partial charge in [-0.15, -0.1) is 11.3 Å². The van der Waals surface area contributed by atoms with E-state index in [-0.39, 0.29) is 24.8 Å². The summed E-state index contributed by atoms with van der Waals surface area (Å²) in [5.74, 6) is -0.946. The van der Waals surface area contributed by atoms with Crippen LogP contribution in [0.4, 0.5) is 10.1 Å². The van der Waals surface area contributed by atoms with E-state index in [1.54, 1.807) is 53.9 Å². The molecule has 0 radical (unpaired) electrons. The van der Waals surface area contributed by atoms with Crippen molar-refractivity contribution in [2.45, 2.75) is 25.9 Å². The zero-order chi connectivity index (χ0) is 22.7. The van der Waals surface area contributed by atoms with Crippen molar-refractivity contribution in [1.29, 1.82) is 0 Å². The molecule has 2 aromatic carbocycles. The molecule has 0 spiro atoms. The molecule has 3 aromatic rings. The minimum Gasteiger partial charge on any atom is -0.494 e. The Hall–Kier alpha value is -3.52. The number of halogens is 1. The normalized spacial score (nSPS) is 15.8. The fourth-order valence-corrected chi connectivity index (χ4v) is 4.32. The van der Waals surface area contributed by atoms with Gasteiger partial charge in [0.2, 0.25) is 5.91 Å². The van der Waals surface area contributed by atoms with Crippen LogP contribution in [0.1, 0.15) is 28.6 Å². The Balaban J connectivity index is 1.63. The second kappa shape index (κ2) is 9.32. The van der Waals surface area contributed by atoms with Gasteiger partial charge in [-0.1, -0.05) is 18.2 Å². The number of nitrogens with zero attached hydrogens (tertiary/aromatic N) is 2. The van der Waals surface area contributed by atoms with Crippen molar-refractivity contribution in [3.8, 4) is 5.75 Å². The van der Waals surface area contributed by atoms with E-state index in [0.717, 1.165) is 4.90 Å². The molecule has 1 saturated heterocycles. The number of benzene rings is 2. The predicted octanol–water partition coefficient (Wildman–Crippen LogP) is 4.26. The monoisotopic (exact) mass is 452 g/mol. The number of amides is 3. The molecule has 0 N–H and O–H groups in total. The van der Waals surface area contributed by atoms with Crippen molar-refractivity contribution in [1.82, 2.24) is 4.90 Å². The first-order valence-corrected chi connectivity index (χ1v) is 11.0. The lowest BCUT2D eigenvalue weighted by atomic mass is 10.1. The van der Waals surface area contributed by atoms with Gasteiger partial charge in [-0.25, -0.2) is 9.29 Å². The fraction of sp³-hybridized carbons (Fsp3) is 0.208. The van der Waals surface area contributed by atoms with Gasteiger partial charge in [0, 0.05) is 6.54 Å². The van der Waals surface area contributed by atoms with Crippen molar-refractivity contribution in [3.63, 3.8) is 0 Å². The van der Waals surface area contributed by atoms with Crippen LogP contribution in [0.3, 0.4) is 0 Å². The molecule has 1 fully saturated rings. The van der Waals surface area contributed by atoms with Gasteiger partial charge in [0.05, 0.1) is 23.6 Å².